The number of ketones is 2. The monoisotopic (exact) mass is 2730 g/mol. The van der Waals surface area contributed by atoms with E-state index in [1.807, 2.05) is 157 Å². The average molecular weight is 2730 g/mol. The minimum Gasteiger partial charge on any atom is -0.512 e. The third-order valence-corrected chi connectivity index (χ3v) is 19.3. The normalized spacial score (nSPS) is 10.4. The number of para-hydroxylation sites is 2. The van der Waals surface area contributed by atoms with Crippen molar-refractivity contribution in [1.29, 1.82) is 0 Å². The van der Waals surface area contributed by atoms with Gasteiger partial charge in [-0.1, -0.05) is 236 Å². The number of aliphatic hydroxyl groups excluding tert-OH is 2. The third kappa shape index (κ3) is 40.2. The average Bonchev–Trinajstić information content (AvgIpc) is 0.805. The maximum atomic E-state index is 11.5. The Morgan fingerprint density at radius 1 is 0.326 bits per heavy atom. The van der Waals surface area contributed by atoms with Crippen molar-refractivity contribution in [3.63, 3.8) is 0 Å². The van der Waals surface area contributed by atoms with Gasteiger partial charge in [-0.3, -0.25) is 19.6 Å². The van der Waals surface area contributed by atoms with Crippen LogP contribution in [0.2, 0.25) is 0 Å². The Balaban J connectivity index is 0.000000399. The fraction of sp³-hybridized carbons (Fsp3) is 0.174. The second-order valence-corrected chi connectivity index (χ2v) is 33.9. The molecule has 0 saturated carbocycles. The summed E-state index contributed by atoms with van der Waals surface area (Å²) >= 11 is 0. The van der Waals surface area contributed by atoms with Crippen LogP contribution in [0.1, 0.15) is 147 Å². The van der Waals surface area contributed by atoms with E-state index in [1.165, 1.54) is 123 Å². The van der Waals surface area contributed by atoms with E-state index in [2.05, 4.69) is 250 Å². The number of rotatable bonds is 10. The van der Waals surface area contributed by atoms with Gasteiger partial charge in [0.2, 0.25) is 0 Å². The van der Waals surface area contributed by atoms with Crippen molar-refractivity contribution in [2.45, 2.75) is 123 Å². The summed E-state index contributed by atoms with van der Waals surface area (Å²) in [7, 11) is 0. The molecule has 0 saturated heterocycles. The van der Waals surface area contributed by atoms with Crippen molar-refractivity contribution in [2.24, 2.45) is 10.8 Å². The van der Waals surface area contributed by atoms with Gasteiger partial charge in [-0.15, -0.1) is 176 Å². The molecular weight excluding hydrogens is 2610 g/mol. The van der Waals surface area contributed by atoms with Gasteiger partial charge in [0, 0.05) is 161 Å². The zero-order valence-electron chi connectivity index (χ0n) is 79.8. The number of carboxylic acids is 3. The summed E-state index contributed by atoms with van der Waals surface area (Å²) in [5.74, 6) is -2.93. The number of carboxylic acid groups (broad SMARTS) is 3. The molecule has 5 radical (unpaired) electrons. The molecule has 0 aliphatic heterocycles. The SMILES string of the molecule is CC(=O)C=C(C)O.CC(C)(C)C(=O)C=C(O)C(C)(C)C.CC(C)(C)c1c[c-]c(-c2nccc3ccccc23)cc1.Cc1[c-]c(-c2ccc3ccccc3n2)cc(C)c1.Cc1[c-]c(-c2nc3ccccc3cc2C)cc(C)c1.Cc1c[c-]c(-c2nccc3ccccc23)cc1.O=C(O)c1ccccn1.O=C(O)c1ccccn1.O=C(O)c1ccccn1.[Ir].[Ir].[Ir].[Ir].[Ir].[c-]1ccccc1-c1ccccn1. The van der Waals surface area contributed by atoms with Crippen LogP contribution in [-0.4, -0.2) is 94.9 Å². The number of allylic oxidation sites excluding steroid dienone is 4. The second-order valence-electron chi connectivity index (χ2n) is 33.9. The second kappa shape index (κ2) is 59.4. The van der Waals surface area contributed by atoms with Gasteiger partial charge in [-0.2, -0.15) is 0 Å². The number of carbonyl (C=O) groups excluding carboxylic acids is 2. The van der Waals surface area contributed by atoms with Gasteiger partial charge in [0.05, 0.1) is 16.8 Å². The molecule has 5 N–H and O–H groups in total. The Bertz CT molecular complexity index is 6560. The van der Waals surface area contributed by atoms with E-state index >= 15 is 0 Å². The number of hydrogen-bond acceptors (Lipinski definition) is 15. The van der Waals surface area contributed by atoms with Crippen LogP contribution in [-0.2, 0) is 116 Å². The summed E-state index contributed by atoms with van der Waals surface area (Å²) < 4.78 is 0. The van der Waals surface area contributed by atoms with Crippen LogP contribution in [0.15, 0.2) is 346 Å². The van der Waals surface area contributed by atoms with Gasteiger partial charge in [0.1, 0.15) is 22.8 Å². The Morgan fingerprint density at radius 2 is 0.761 bits per heavy atom. The van der Waals surface area contributed by atoms with Crippen molar-refractivity contribution in [2.75, 3.05) is 0 Å². The van der Waals surface area contributed by atoms with Crippen LogP contribution < -0.4 is 0 Å². The predicted octanol–water partition coefficient (Wildman–Crippen LogP) is 27.0. The number of carbonyl (C=O) groups is 5. The van der Waals surface area contributed by atoms with Crippen LogP contribution in [0.3, 0.4) is 0 Å². The molecule has 17 aromatic rings. The standard InChI is InChI=1S/C19H18N.C18H16N.C17H14N.C16H12N.C11H8N.C11H20O2.3C6H5NO2.C5H8O2.5Ir/c1-19(2,3)16-10-8-15(9-11-16)18-17-7-5-4-6-14(17)12-13-20-18;1-12-8-13(2)10-16(9-12)18-14(3)11-15-6-4-5-7-17(15)19-18;1-12-9-13(2)11-15(10-12)17-8-7-14-5-3-4-6-16(14)18-17;1-12-6-8-14(9-7-12)16-15-5-3-2-4-13(15)10-11-17-16;1-2-6-10(7-3-1)11-8-4-5-9-12-11;1-10(2,3)8(12)7-9(13)11(4,5)6;3*8-6(9)5-3-1-2-4-7-5;1-4(6)3-5(2)7;;;;;/h4-8,10-13H,1-3H3;4-9,11H,1-3H3;3-10H,1-2H3;2-8,10-11H,1H3;1-6,8-9H;7,12H,1-6H3;3*1-4H,(H,8,9);3,6H,1-2H3;;;;;/q5*-1;;;;;;;;;;. The number of nitrogens with zero attached hydrogens (tertiary/aromatic N) is 8. The predicted molar refractivity (Wildman–Crippen MR) is 535 cm³/mol. The Hall–Kier alpha value is -12.7. The van der Waals surface area contributed by atoms with Crippen molar-refractivity contribution < 1.29 is 150 Å². The summed E-state index contributed by atoms with van der Waals surface area (Å²) in [6.45, 7) is 33.1. The number of pyridine rings is 8. The summed E-state index contributed by atoms with van der Waals surface area (Å²) in [4.78, 5) is 85.4. The Kier molecular flexibility index (Phi) is 51.5. The van der Waals surface area contributed by atoms with Crippen molar-refractivity contribution in [1.82, 2.24) is 39.9 Å². The zero-order valence-corrected chi connectivity index (χ0v) is 91.8. The molecule has 23 heteroatoms. The van der Waals surface area contributed by atoms with E-state index in [0.717, 1.165) is 78.4 Å². The molecule has 0 amide bonds. The summed E-state index contributed by atoms with van der Waals surface area (Å²) in [5.41, 5.74) is 20.5. The Morgan fingerprint density at radius 3 is 1.15 bits per heavy atom. The maximum Gasteiger partial charge on any atom is 0.354 e. The maximum absolute atomic E-state index is 11.5. The van der Waals surface area contributed by atoms with Gasteiger partial charge >= 0.3 is 17.9 Å². The summed E-state index contributed by atoms with van der Waals surface area (Å²) in [6, 6.07) is 109. The van der Waals surface area contributed by atoms with Gasteiger partial charge in [-0.05, 0) is 154 Å². The van der Waals surface area contributed by atoms with E-state index in [9.17, 15) is 29.1 Å². The molecule has 0 bridgehead atoms. The molecule has 8 heterocycles. The van der Waals surface area contributed by atoms with Gasteiger partial charge in [0.15, 0.2) is 11.6 Å². The molecule has 0 unspecified atom stereocenters. The number of fused-ring (bicyclic) bond motifs is 4. The topological polar surface area (TPSA) is 290 Å². The zero-order chi connectivity index (χ0) is 96.8. The molecule has 8 aromatic heterocycles. The minimum absolute atomic E-state index is 0. The molecule has 721 valence electrons. The van der Waals surface area contributed by atoms with Gasteiger partial charge < -0.3 is 40.5 Å². The van der Waals surface area contributed by atoms with Crippen LogP contribution in [0.25, 0.3) is 99.6 Å². The van der Waals surface area contributed by atoms with Crippen LogP contribution in [0, 0.1) is 82.7 Å². The van der Waals surface area contributed by atoms with Gasteiger partial charge in [-0.25, -0.2) is 29.3 Å². The molecule has 0 atom stereocenters. The van der Waals surface area contributed by atoms with E-state index < -0.39 is 23.3 Å². The quantitative estimate of drug-likeness (QED) is 0.0483. The van der Waals surface area contributed by atoms with E-state index in [0.29, 0.717) is 0 Å². The number of aliphatic hydroxyl groups is 2. The smallest absolute Gasteiger partial charge is 0.354 e. The van der Waals surface area contributed by atoms with Gasteiger partial charge in [0.25, 0.3) is 0 Å². The fourth-order valence-electron chi connectivity index (χ4n) is 12.5. The number of hydrogen-bond donors (Lipinski definition) is 5. The summed E-state index contributed by atoms with van der Waals surface area (Å²) in [6.07, 6.45) is 12.3. The number of aromatic carboxylic acids is 3. The molecule has 0 aliphatic carbocycles. The van der Waals surface area contributed by atoms with Crippen LogP contribution >= 0.6 is 0 Å². The first-order valence-corrected chi connectivity index (χ1v) is 42.9. The number of benzene rings is 9. The molecule has 138 heavy (non-hydrogen) atoms. The van der Waals surface area contributed by atoms with Crippen LogP contribution in [0.5, 0.6) is 0 Å². The van der Waals surface area contributed by atoms with Crippen LogP contribution in [0.4, 0.5) is 0 Å². The first kappa shape index (κ1) is 119. The minimum atomic E-state index is -0.990. The molecule has 0 aliphatic rings. The molecule has 18 nitrogen and oxygen atoms in total. The first-order valence-electron chi connectivity index (χ1n) is 42.9. The van der Waals surface area contributed by atoms with Crippen molar-refractivity contribution >= 4 is 72.8 Å². The van der Waals surface area contributed by atoms with E-state index in [1.54, 1.807) is 42.6 Å². The molecular formula is C115H111Ir5N8O10-5. The first-order chi connectivity index (χ1) is 63.3. The molecule has 9 aromatic carbocycles. The molecule has 17 rings (SSSR count). The fourth-order valence-corrected chi connectivity index (χ4v) is 12.5. The van der Waals surface area contributed by atoms with Crippen molar-refractivity contribution in [3.8, 4) is 56.3 Å². The number of aromatic nitrogens is 8. The molecule has 0 spiro atoms. The third-order valence-electron chi connectivity index (χ3n) is 19.3. The summed E-state index contributed by atoms with van der Waals surface area (Å²) in [5, 5.41) is 50.0. The Labute approximate surface area is 877 Å². The largest absolute Gasteiger partial charge is 0.512 e. The molecule has 0 fully saturated rings. The van der Waals surface area contributed by atoms with E-state index in [4.69, 9.17) is 30.4 Å². The number of aryl methyl sites for hydroxylation is 6. The van der Waals surface area contributed by atoms with E-state index in [-0.39, 0.29) is 152 Å². The van der Waals surface area contributed by atoms with Crippen molar-refractivity contribution in [3.05, 3.63) is 432 Å².